The van der Waals surface area contributed by atoms with E-state index >= 15 is 0 Å². The van der Waals surface area contributed by atoms with Gasteiger partial charge in [0, 0.05) is 39.3 Å². The van der Waals surface area contributed by atoms with Gasteiger partial charge in [0.2, 0.25) is 18.7 Å². The Bertz CT molecular complexity index is 1010. The minimum absolute atomic E-state index is 0.0615. The van der Waals surface area contributed by atoms with Crippen molar-refractivity contribution in [2.75, 3.05) is 34.3 Å². The summed E-state index contributed by atoms with van der Waals surface area (Å²) in [5.74, 6) is 1.08. The Labute approximate surface area is 197 Å². The number of carbonyl (C=O) groups excluding carboxylic acids is 2. The second-order valence-corrected chi connectivity index (χ2v) is 8.14. The van der Waals surface area contributed by atoms with Crippen molar-refractivity contribution in [1.29, 1.82) is 0 Å². The van der Waals surface area contributed by atoms with E-state index in [9.17, 15) is 14.7 Å². The normalized spacial score (nSPS) is 15.9. The molecule has 2 heterocycles. The molecule has 1 aromatic carbocycles. The first-order valence-corrected chi connectivity index (χ1v) is 10.7. The van der Waals surface area contributed by atoms with Crippen LogP contribution in [0, 0.1) is 6.92 Å². The minimum atomic E-state index is -0.730. The van der Waals surface area contributed by atoms with Crippen LogP contribution >= 0.6 is 11.6 Å². The number of ether oxygens (including phenoxy) is 1. The Morgan fingerprint density at radius 3 is 2.61 bits per heavy atom. The molecule has 0 aliphatic carbocycles. The molecule has 3 rings (SSSR count). The smallest absolute Gasteiger partial charge is 0.273 e. The summed E-state index contributed by atoms with van der Waals surface area (Å²) < 4.78 is 11.6. The molecule has 178 valence electrons. The van der Waals surface area contributed by atoms with E-state index in [0.717, 1.165) is 5.56 Å². The Morgan fingerprint density at radius 2 is 2.03 bits per heavy atom. The number of rotatable bonds is 10. The van der Waals surface area contributed by atoms with Crippen molar-refractivity contribution in [3.8, 4) is 0 Å². The molecule has 1 aliphatic rings. The van der Waals surface area contributed by atoms with Crippen molar-refractivity contribution in [3.63, 3.8) is 0 Å². The zero-order chi connectivity index (χ0) is 24.1. The number of amides is 2. The number of aliphatic hydroxyl groups is 1. The number of halogens is 1. The van der Waals surface area contributed by atoms with Gasteiger partial charge in [0.05, 0.1) is 12.8 Å². The zero-order valence-corrected chi connectivity index (χ0v) is 19.8. The van der Waals surface area contributed by atoms with Crippen LogP contribution in [0.2, 0.25) is 5.02 Å². The summed E-state index contributed by atoms with van der Waals surface area (Å²) >= 11 is 6.04. The summed E-state index contributed by atoms with van der Waals surface area (Å²) in [5.41, 5.74) is 1.16. The molecule has 0 spiro atoms. The van der Waals surface area contributed by atoms with Gasteiger partial charge >= 0.3 is 0 Å². The van der Waals surface area contributed by atoms with Crippen LogP contribution in [-0.4, -0.2) is 82.7 Å². The van der Waals surface area contributed by atoms with Gasteiger partial charge in [-0.1, -0.05) is 23.7 Å². The van der Waals surface area contributed by atoms with Crippen LogP contribution in [0.15, 0.2) is 46.4 Å². The first kappa shape index (κ1) is 24.6. The first-order chi connectivity index (χ1) is 15.8. The van der Waals surface area contributed by atoms with Gasteiger partial charge in [-0.15, -0.1) is 0 Å². The Morgan fingerprint density at radius 1 is 1.33 bits per heavy atom. The maximum Gasteiger partial charge on any atom is 0.273 e. The van der Waals surface area contributed by atoms with Gasteiger partial charge in [0.25, 0.3) is 5.91 Å². The monoisotopic (exact) mass is 477 g/mol. The largest absolute Gasteiger partial charge is 0.443 e. The lowest BCUT2D eigenvalue weighted by Crippen LogP contribution is -2.43. The van der Waals surface area contributed by atoms with Crippen LogP contribution in [0.3, 0.4) is 0 Å². The number of oxazole rings is 1. The molecule has 33 heavy (non-hydrogen) atoms. The highest BCUT2D eigenvalue weighted by atomic mass is 35.5. The van der Waals surface area contributed by atoms with Gasteiger partial charge in [-0.3, -0.25) is 9.59 Å². The molecular formula is C22H28ClN5O5. The molecule has 0 saturated heterocycles. The predicted octanol–water partition coefficient (Wildman–Crippen LogP) is 1.59. The fraction of sp³-hybridized carbons (Fsp3) is 0.409. The molecule has 2 amide bonds. The SMILES string of the molecule is Cc1cnc(COC2N(C)C(N(C)C=O)=C(C(=O)N(C)CCO)N2Cc2ccc(Cl)cc2)o1. The van der Waals surface area contributed by atoms with Crippen molar-refractivity contribution in [2.24, 2.45) is 0 Å². The molecule has 2 aromatic rings. The quantitative estimate of drug-likeness (QED) is 0.515. The predicted molar refractivity (Wildman–Crippen MR) is 120 cm³/mol. The number of hydrogen-bond donors (Lipinski definition) is 1. The second-order valence-electron chi connectivity index (χ2n) is 7.71. The average Bonchev–Trinajstić information content (AvgIpc) is 3.33. The summed E-state index contributed by atoms with van der Waals surface area (Å²) in [6.07, 6.45) is 1.50. The van der Waals surface area contributed by atoms with Gasteiger partial charge in [-0.2, -0.15) is 0 Å². The van der Waals surface area contributed by atoms with Gasteiger partial charge in [0.1, 0.15) is 23.9 Å². The van der Waals surface area contributed by atoms with Crippen molar-refractivity contribution >= 4 is 23.9 Å². The molecule has 0 bridgehead atoms. The van der Waals surface area contributed by atoms with Gasteiger partial charge < -0.3 is 33.9 Å². The van der Waals surface area contributed by atoms with E-state index in [1.807, 2.05) is 12.1 Å². The summed E-state index contributed by atoms with van der Waals surface area (Å²) in [4.78, 5) is 35.5. The number of hydrogen-bond acceptors (Lipinski definition) is 8. The number of likely N-dealkylation sites (N-methyl/N-ethyl adjacent to an activating group) is 1. The highest BCUT2D eigenvalue weighted by molar-refractivity contribution is 6.30. The molecule has 1 atom stereocenters. The maximum atomic E-state index is 13.4. The Kier molecular flexibility index (Phi) is 7.96. The third kappa shape index (κ3) is 5.47. The van der Waals surface area contributed by atoms with Crippen molar-refractivity contribution in [3.05, 3.63) is 64.2 Å². The van der Waals surface area contributed by atoms with E-state index in [0.29, 0.717) is 35.4 Å². The van der Waals surface area contributed by atoms with Gasteiger partial charge in [0.15, 0.2) is 0 Å². The van der Waals surface area contributed by atoms with E-state index in [1.165, 1.54) is 9.80 Å². The molecule has 0 saturated carbocycles. The fourth-order valence-electron chi connectivity index (χ4n) is 3.60. The average molecular weight is 478 g/mol. The molecule has 1 unspecified atom stereocenters. The van der Waals surface area contributed by atoms with Gasteiger partial charge in [-0.25, -0.2) is 4.98 Å². The number of aromatic nitrogens is 1. The lowest BCUT2D eigenvalue weighted by atomic mass is 10.2. The lowest BCUT2D eigenvalue weighted by Gasteiger charge is -2.32. The van der Waals surface area contributed by atoms with E-state index in [4.69, 9.17) is 20.8 Å². The molecule has 1 N–H and O–H groups in total. The van der Waals surface area contributed by atoms with E-state index in [1.54, 1.807) is 56.2 Å². The molecule has 0 radical (unpaired) electrons. The Hall–Kier alpha value is -3.08. The third-order valence-electron chi connectivity index (χ3n) is 5.20. The zero-order valence-electron chi connectivity index (χ0n) is 19.1. The van der Waals surface area contributed by atoms with E-state index in [2.05, 4.69) is 4.98 Å². The molecular weight excluding hydrogens is 450 g/mol. The van der Waals surface area contributed by atoms with E-state index < -0.39 is 6.35 Å². The topological polar surface area (TPSA) is 103 Å². The summed E-state index contributed by atoms with van der Waals surface area (Å²) in [7, 11) is 4.90. The summed E-state index contributed by atoms with van der Waals surface area (Å²) in [5, 5.41) is 9.94. The number of benzene rings is 1. The molecule has 10 nitrogen and oxygen atoms in total. The van der Waals surface area contributed by atoms with Gasteiger partial charge in [-0.05, 0) is 24.6 Å². The highest BCUT2D eigenvalue weighted by Gasteiger charge is 2.43. The fourth-order valence-corrected chi connectivity index (χ4v) is 3.72. The number of aliphatic hydroxyl groups excluding tert-OH is 1. The molecule has 1 aromatic heterocycles. The van der Waals surface area contributed by atoms with Crippen molar-refractivity contribution < 1.29 is 23.8 Å². The number of carbonyl (C=O) groups is 2. The standard InChI is InChI=1S/C22H28ClN5O5/c1-15-11-24-18(33-15)13-32-22-27(4)20(26(3)14-30)19(21(31)25(2)9-10-29)28(22)12-16-5-7-17(23)8-6-16/h5-8,11,14,22,29H,9-10,12-13H2,1-4H3. The number of nitrogens with zero attached hydrogens (tertiary/aromatic N) is 5. The number of aryl methyl sites for hydroxylation is 1. The van der Waals surface area contributed by atoms with Crippen LogP contribution in [0.5, 0.6) is 0 Å². The first-order valence-electron chi connectivity index (χ1n) is 10.3. The molecule has 0 fully saturated rings. The lowest BCUT2D eigenvalue weighted by molar-refractivity contribution is -0.138. The minimum Gasteiger partial charge on any atom is -0.443 e. The van der Waals surface area contributed by atoms with Crippen LogP contribution in [0.4, 0.5) is 0 Å². The highest BCUT2D eigenvalue weighted by Crippen LogP contribution is 2.33. The second kappa shape index (κ2) is 10.7. The van der Waals surface area contributed by atoms with E-state index in [-0.39, 0.29) is 31.4 Å². The Balaban J connectivity index is 2.00. The van der Waals surface area contributed by atoms with Crippen LogP contribution < -0.4 is 0 Å². The maximum absolute atomic E-state index is 13.4. The van der Waals surface area contributed by atoms with Crippen LogP contribution in [-0.2, 0) is 27.5 Å². The van der Waals surface area contributed by atoms with Crippen LogP contribution in [0.25, 0.3) is 0 Å². The van der Waals surface area contributed by atoms with Crippen molar-refractivity contribution in [2.45, 2.75) is 26.4 Å². The van der Waals surface area contributed by atoms with Crippen LogP contribution in [0.1, 0.15) is 17.2 Å². The summed E-state index contributed by atoms with van der Waals surface area (Å²) in [6.45, 7) is 2.11. The molecule has 11 heteroatoms. The molecule has 1 aliphatic heterocycles. The summed E-state index contributed by atoms with van der Waals surface area (Å²) in [6, 6.07) is 7.25. The van der Waals surface area contributed by atoms with Crippen molar-refractivity contribution in [1.82, 2.24) is 24.6 Å². The third-order valence-corrected chi connectivity index (χ3v) is 5.45.